The number of piperazine rings is 1. The number of pyridine rings is 2. The number of anilines is 1. The Morgan fingerprint density at radius 1 is 0.957 bits per heavy atom. The summed E-state index contributed by atoms with van der Waals surface area (Å²) >= 11 is 1.61. The van der Waals surface area contributed by atoms with Crippen LogP contribution in [-0.4, -0.2) is 63.3 Å². The van der Waals surface area contributed by atoms with E-state index >= 15 is 0 Å². The maximum atomic E-state index is 13.3. The molecule has 0 radical (unpaired) electrons. The van der Waals surface area contributed by atoms with Crippen molar-refractivity contribution in [1.82, 2.24) is 19.4 Å². The van der Waals surface area contributed by atoms with E-state index in [0.717, 1.165) is 40.1 Å². The van der Waals surface area contributed by atoms with Gasteiger partial charge >= 0.3 is 0 Å². The topological polar surface area (TPSA) is 105 Å². The van der Waals surface area contributed by atoms with Crippen LogP contribution in [0.4, 0.5) is 5.69 Å². The van der Waals surface area contributed by atoms with Gasteiger partial charge in [0.15, 0.2) is 0 Å². The van der Waals surface area contributed by atoms with E-state index in [2.05, 4.69) is 16.4 Å². The second-order valence-electron chi connectivity index (χ2n) is 12.2. The Morgan fingerprint density at radius 3 is 2.46 bits per heavy atom. The van der Waals surface area contributed by atoms with E-state index in [1.165, 1.54) is 29.7 Å². The van der Waals surface area contributed by atoms with E-state index in [1.54, 1.807) is 58.0 Å². The molecule has 4 aromatic rings. The van der Waals surface area contributed by atoms with Crippen LogP contribution >= 0.6 is 11.3 Å². The van der Waals surface area contributed by atoms with E-state index in [-0.39, 0.29) is 23.3 Å². The Kier molecular flexibility index (Phi) is 9.17. The summed E-state index contributed by atoms with van der Waals surface area (Å²) in [6.45, 7) is 5.55. The Labute approximate surface area is 272 Å². The highest BCUT2D eigenvalue weighted by atomic mass is 32.1. The number of thiophene rings is 1. The molecule has 6 rings (SSSR count). The lowest BCUT2D eigenvalue weighted by Crippen LogP contribution is -2.50. The molecule has 0 spiro atoms. The molecule has 10 heteroatoms. The third-order valence-electron chi connectivity index (χ3n) is 9.08. The molecule has 0 saturated carbocycles. The largest absolute Gasteiger partial charge is 0.339 e. The zero-order valence-corrected chi connectivity index (χ0v) is 27.4. The Balaban J connectivity index is 1.18. The predicted molar refractivity (Wildman–Crippen MR) is 181 cm³/mol. The van der Waals surface area contributed by atoms with Crippen LogP contribution in [0.15, 0.2) is 59.7 Å². The molecule has 1 aromatic carbocycles. The maximum absolute atomic E-state index is 13.3. The number of amides is 3. The van der Waals surface area contributed by atoms with Gasteiger partial charge in [0.2, 0.25) is 5.91 Å². The van der Waals surface area contributed by atoms with Crippen LogP contribution in [0.5, 0.6) is 0 Å². The SMILES string of the molecule is CC(=O)N1CCN(C(=O)c2ccc(Cc3cc(-c4cccc(NC(=O)c5cc6c(s5)CCCCC6)c4C)cn(C)c3=O)nc2)CC1. The van der Waals surface area contributed by atoms with Crippen molar-refractivity contribution in [2.24, 2.45) is 7.05 Å². The van der Waals surface area contributed by atoms with Crippen LogP contribution in [0.1, 0.15) is 73.5 Å². The number of rotatable bonds is 6. The summed E-state index contributed by atoms with van der Waals surface area (Å²) in [5.41, 5.74) is 6.40. The summed E-state index contributed by atoms with van der Waals surface area (Å²) < 4.78 is 1.58. The van der Waals surface area contributed by atoms with Gasteiger partial charge in [0.25, 0.3) is 17.4 Å². The Bertz CT molecular complexity index is 1830. The van der Waals surface area contributed by atoms with Gasteiger partial charge in [0.05, 0.1) is 10.4 Å². The normalized spacial score (nSPS) is 14.8. The highest BCUT2D eigenvalue weighted by Crippen LogP contribution is 2.32. The van der Waals surface area contributed by atoms with E-state index in [9.17, 15) is 19.2 Å². The molecule has 46 heavy (non-hydrogen) atoms. The first-order valence-corrected chi connectivity index (χ1v) is 16.7. The van der Waals surface area contributed by atoms with E-state index in [4.69, 9.17) is 0 Å². The van der Waals surface area contributed by atoms with E-state index in [0.29, 0.717) is 49.4 Å². The molecule has 238 valence electrons. The van der Waals surface area contributed by atoms with Crippen LogP contribution in [0.2, 0.25) is 0 Å². The second kappa shape index (κ2) is 13.4. The first kappa shape index (κ1) is 31.4. The highest BCUT2D eigenvalue weighted by Gasteiger charge is 2.24. The van der Waals surface area contributed by atoms with Crippen molar-refractivity contribution < 1.29 is 14.4 Å². The van der Waals surface area contributed by atoms with Crippen LogP contribution in [-0.2, 0) is 31.1 Å². The average molecular weight is 638 g/mol. The third-order valence-corrected chi connectivity index (χ3v) is 10.3. The minimum absolute atomic E-state index is 0.0187. The molecule has 0 bridgehead atoms. The van der Waals surface area contributed by atoms with Crippen molar-refractivity contribution in [3.63, 3.8) is 0 Å². The van der Waals surface area contributed by atoms with Crippen LogP contribution in [0.3, 0.4) is 0 Å². The fourth-order valence-corrected chi connectivity index (χ4v) is 7.51. The van der Waals surface area contributed by atoms with Crippen molar-refractivity contribution in [3.05, 3.63) is 103 Å². The molecule has 4 heterocycles. The van der Waals surface area contributed by atoms with Gasteiger partial charge in [0.1, 0.15) is 0 Å². The molecular weight excluding hydrogens is 598 g/mol. The zero-order valence-electron chi connectivity index (χ0n) is 26.6. The van der Waals surface area contributed by atoms with Crippen LogP contribution in [0.25, 0.3) is 11.1 Å². The van der Waals surface area contributed by atoms with E-state index < -0.39 is 0 Å². The summed E-state index contributed by atoms with van der Waals surface area (Å²) in [4.78, 5) is 61.2. The van der Waals surface area contributed by atoms with Crippen LogP contribution in [0, 0.1) is 6.92 Å². The number of nitrogens with zero attached hydrogens (tertiary/aromatic N) is 4. The lowest BCUT2D eigenvalue weighted by Gasteiger charge is -2.34. The maximum Gasteiger partial charge on any atom is 0.265 e. The number of aryl methyl sites for hydroxylation is 3. The quantitative estimate of drug-likeness (QED) is 0.292. The Hall–Kier alpha value is -4.57. The van der Waals surface area contributed by atoms with Gasteiger partial charge in [-0.1, -0.05) is 18.6 Å². The zero-order chi connectivity index (χ0) is 32.4. The molecule has 1 saturated heterocycles. The first-order valence-electron chi connectivity index (χ1n) is 15.9. The van der Waals surface area contributed by atoms with Gasteiger partial charge in [-0.2, -0.15) is 0 Å². The number of benzene rings is 1. The van der Waals surface area contributed by atoms with Crippen molar-refractivity contribution in [2.75, 3.05) is 31.5 Å². The number of carbonyl (C=O) groups excluding carboxylic acids is 3. The Morgan fingerprint density at radius 2 is 1.72 bits per heavy atom. The first-order chi connectivity index (χ1) is 22.2. The fourth-order valence-electron chi connectivity index (χ4n) is 6.36. The smallest absolute Gasteiger partial charge is 0.265 e. The molecule has 1 N–H and O–H groups in total. The number of hydrogen-bond acceptors (Lipinski definition) is 6. The molecule has 2 aliphatic rings. The molecule has 0 unspecified atom stereocenters. The number of carbonyl (C=O) groups is 3. The molecule has 0 atom stereocenters. The summed E-state index contributed by atoms with van der Waals surface area (Å²) in [7, 11) is 1.73. The molecule has 1 aliphatic heterocycles. The predicted octanol–water partition coefficient (Wildman–Crippen LogP) is 5.23. The lowest BCUT2D eigenvalue weighted by molar-refractivity contribution is -0.130. The summed E-state index contributed by atoms with van der Waals surface area (Å²) in [5.74, 6) is -0.187. The minimum atomic E-state index is -0.117. The molecule has 1 fully saturated rings. The van der Waals surface area contributed by atoms with Gasteiger partial charge in [-0.3, -0.25) is 24.2 Å². The number of fused-ring (bicyclic) bond motifs is 1. The molecule has 1 aliphatic carbocycles. The van der Waals surface area contributed by atoms with Gasteiger partial charge in [0, 0.05) is 80.8 Å². The molecule has 3 amide bonds. The lowest BCUT2D eigenvalue weighted by atomic mass is 9.98. The molecule has 3 aromatic heterocycles. The van der Waals surface area contributed by atoms with Gasteiger partial charge in [-0.15, -0.1) is 11.3 Å². The molecule has 9 nitrogen and oxygen atoms in total. The minimum Gasteiger partial charge on any atom is -0.339 e. The number of aromatic nitrogens is 2. The molecular formula is C36H39N5O4S. The van der Waals surface area contributed by atoms with Crippen molar-refractivity contribution in [1.29, 1.82) is 0 Å². The van der Waals surface area contributed by atoms with Crippen molar-refractivity contribution in [3.8, 4) is 11.1 Å². The standard InChI is InChI=1S/C36H39N5O4S/c1-23-30(9-7-10-31(23)38-34(43)33-20-25-8-5-4-6-11-32(25)46-33)28-18-27(35(44)39(3)22-28)19-29-13-12-26(21-37-29)36(45)41-16-14-40(15-17-41)24(2)42/h7,9-10,12-13,18,20-22H,4-6,8,11,14-17,19H2,1-3H3,(H,38,43). The third kappa shape index (κ3) is 6.67. The fraction of sp³-hybridized carbons (Fsp3) is 0.361. The summed E-state index contributed by atoms with van der Waals surface area (Å²) in [6, 6.07) is 13.3. The van der Waals surface area contributed by atoms with Crippen molar-refractivity contribution in [2.45, 2.75) is 52.4 Å². The average Bonchev–Trinajstić information content (AvgIpc) is 3.34. The second-order valence-corrected chi connectivity index (χ2v) is 13.4. The monoisotopic (exact) mass is 637 g/mol. The van der Waals surface area contributed by atoms with Crippen molar-refractivity contribution >= 4 is 34.7 Å². The van der Waals surface area contributed by atoms with Gasteiger partial charge in [-0.05, 0) is 85.2 Å². The van der Waals surface area contributed by atoms with Gasteiger partial charge in [-0.25, -0.2) is 0 Å². The van der Waals surface area contributed by atoms with Crippen LogP contribution < -0.4 is 10.9 Å². The summed E-state index contributed by atoms with van der Waals surface area (Å²) in [6.07, 6.45) is 9.38. The number of hydrogen-bond donors (Lipinski definition) is 1. The summed E-state index contributed by atoms with van der Waals surface area (Å²) in [5, 5.41) is 3.13. The van der Waals surface area contributed by atoms with Gasteiger partial charge < -0.3 is 19.7 Å². The number of nitrogens with one attached hydrogen (secondary N) is 1. The van der Waals surface area contributed by atoms with E-state index in [1.807, 2.05) is 37.4 Å². The highest BCUT2D eigenvalue weighted by molar-refractivity contribution is 7.14.